The van der Waals surface area contributed by atoms with Gasteiger partial charge in [0, 0.05) is 18.3 Å². The first kappa shape index (κ1) is 14.8. The van der Waals surface area contributed by atoms with Gasteiger partial charge in [-0.25, -0.2) is 4.79 Å². The number of amides is 2. The van der Waals surface area contributed by atoms with Crippen molar-refractivity contribution in [1.29, 1.82) is 0 Å². The summed E-state index contributed by atoms with van der Waals surface area (Å²) in [6.07, 6.45) is 7.19. The highest BCUT2D eigenvalue weighted by Gasteiger charge is 2.55. The van der Waals surface area contributed by atoms with Crippen molar-refractivity contribution in [2.24, 2.45) is 17.8 Å². The molecule has 1 aromatic rings. The van der Waals surface area contributed by atoms with Crippen LogP contribution >= 0.6 is 0 Å². The largest absolute Gasteiger partial charge is 0.390 e. The maximum Gasteiger partial charge on any atom is 0.322 e. The SMILES string of the molecule is O=C(N[C@H]1[C@@H]2CC3C[C@H]1C[C@](O)(C3)C2)N1CCCc2ccccc21. The van der Waals surface area contributed by atoms with E-state index in [1.807, 2.05) is 11.0 Å². The number of nitrogens with zero attached hydrogens (tertiary/aromatic N) is 1. The normalized spacial score (nSPS) is 39.6. The number of hydrogen-bond acceptors (Lipinski definition) is 2. The second-order valence-corrected chi connectivity index (χ2v) is 8.55. The summed E-state index contributed by atoms with van der Waals surface area (Å²) >= 11 is 0. The van der Waals surface area contributed by atoms with E-state index in [4.69, 9.17) is 0 Å². The van der Waals surface area contributed by atoms with Crippen molar-refractivity contribution in [2.75, 3.05) is 11.4 Å². The molecule has 5 aliphatic rings. The number of benzene rings is 1. The summed E-state index contributed by atoms with van der Waals surface area (Å²) in [6, 6.07) is 8.58. The number of para-hydroxylation sites is 1. The summed E-state index contributed by atoms with van der Waals surface area (Å²) in [7, 11) is 0. The maximum absolute atomic E-state index is 13.0. The minimum Gasteiger partial charge on any atom is -0.390 e. The number of aliphatic hydroxyl groups is 1. The molecule has 6 rings (SSSR count). The summed E-state index contributed by atoms with van der Waals surface area (Å²) in [5.41, 5.74) is 1.91. The highest BCUT2D eigenvalue weighted by molar-refractivity contribution is 5.93. The van der Waals surface area contributed by atoms with Crippen LogP contribution in [-0.4, -0.2) is 29.3 Å². The lowest BCUT2D eigenvalue weighted by molar-refractivity contribution is -0.136. The zero-order valence-electron chi connectivity index (χ0n) is 14.1. The van der Waals surface area contributed by atoms with E-state index in [0.717, 1.165) is 44.3 Å². The van der Waals surface area contributed by atoms with Crippen LogP contribution < -0.4 is 10.2 Å². The number of carbonyl (C=O) groups excluding carboxylic acids is 1. The molecule has 1 aliphatic heterocycles. The van der Waals surface area contributed by atoms with Crippen molar-refractivity contribution in [3.05, 3.63) is 29.8 Å². The van der Waals surface area contributed by atoms with Gasteiger partial charge in [-0.1, -0.05) is 18.2 Å². The van der Waals surface area contributed by atoms with Crippen molar-refractivity contribution < 1.29 is 9.90 Å². The fourth-order valence-electron chi connectivity index (χ4n) is 6.18. The Morgan fingerprint density at radius 2 is 1.92 bits per heavy atom. The van der Waals surface area contributed by atoms with Crippen LogP contribution in [0.15, 0.2) is 24.3 Å². The van der Waals surface area contributed by atoms with Crippen LogP contribution in [0.5, 0.6) is 0 Å². The summed E-state index contributed by atoms with van der Waals surface area (Å²) < 4.78 is 0. The molecule has 4 bridgehead atoms. The molecule has 1 heterocycles. The number of urea groups is 1. The number of hydrogen-bond donors (Lipinski definition) is 2. The number of aryl methyl sites for hydroxylation is 1. The zero-order valence-corrected chi connectivity index (χ0v) is 14.1. The van der Waals surface area contributed by atoms with Crippen LogP contribution in [-0.2, 0) is 6.42 Å². The average Bonchev–Trinajstić information content (AvgIpc) is 2.56. The molecule has 4 fully saturated rings. The van der Waals surface area contributed by atoms with Gasteiger partial charge in [-0.2, -0.15) is 0 Å². The number of carbonyl (C=O) groups is 1. The molecular formula is C20H26N2O2. The highest BCUT2D eigenvalue weighted by atomic mass is 16.3. The molecule has 0 radical (unpaired) electrons. The van der Waals surface area contributed by atoms with E-state index in [-0.39, 0.29) is 12.1 Å². The molecule has 0 saturated heterocycles. The van der Waals surface area contributed by atoms with Crippen LogP contribution in [0.3, 0.4) is 0 Å². The fraction of sp³-hybridized carbons (Fsp3) is 0.650. The Morgan fingerprint density at radius 3 is 2.67 bits per heavy atom. The van der Waals surface area contributed by atoms with Crippen molar-refractivity contribution in [3.8, 4) is 0 Å². The Bertz CT molecular complexity index is 657. The molecule has 128 valence electrons. The van der Waals surface area contributed by atoms with E-state index >= 15 is 0 Å². The van der Waals surface area contributed by atoms with Crippen molar-refractivity contribution in [2.45, 2.75) is 56.6 Å². The molecule has 0 aromatic heterocycles. The number of fused-ring (bicyclic) bond motifs is 1. The second kappa shape index (κ2) is 5.22. The van der Waals surface area contributed by atoms with Gasteiger partial charge in [-0.05, 0) is 74.3 Å². The third-order valence-electron chi connectivity index (χ3n) is 6.89. The van der Waals surface area contributed by atoms with E-state index in [1.165, 1.54) is 18.4 Å². The molecule has 5 atom stereocenters. The van der Waals surface area contributed by atoms with Gasteiger partial charge in [0.25, 0.3) is 0 Å². The van der Waals surface area contributed by atoms with Crippen LogP contribution in [0.25, 0.3) is 0 Å². The Labute approximate surface area is 143 Å². The summed E-state index contributed by atoms with van der Waals surface area (Å²) in [5.74, 6) is 1.60. The Hall–Kier alpha value is -1.55. The summed E-state index contributed by atoms with van der Waals surface area (Å²) in [6.45, 7) is 0.803. The van der Waals surface area contributed by atoms with Gasteiger partial charge >= 0.3 is 6.03 Å². The quantitative estimate of drug-likeness (QED) is 0.833. The number of nitrogens with one attached hydrogen (secondary N) is 1. The van der Waals surface area contributed by atoms with Crippen LogP contribution in [0, 0.1) is 17.8 Å². The monoisotopic (exact) mass is 326 g/mol. The Balaban J connectivity index is 1.35. The van der Waals surface area contributed by atoms with E-state index in [2.05, 4.69) is 23.5 Å². The van der Waals surface area contributed by atoms with Gasteiger partial charge in [0.05, 0.1) is 5.60 Å². The zero-order chi connectivity index (χ0) is 16.3. The fourth-order valence-corrected chi connectivity index (χ4v) is 6.18. The lowest BCUT2D eigenvalue weighted by Gasteiger charge is -2.58. The molecule has 4 heteroatoms. The molecule has 2 N–H and O–H groups in total. The van der Waals surface area contributed by atoms with Crippen LogP contribution in [0.1, 0.15) is 44.1 Å². The van der Waals surface area contributed by atoms with Gasteiger partial charge in [-0.15, -0.1) is 0 Å². The van der Waals surface area contributed by atoms with E-state index in [9.17, 15) is 9.90 Å². The van der Waals surface area contributed by atoms with Crippen LogP contribution in [0.4, 0.5) is 10.5 Å². The summed E-state index contributed by atoms with van der Waals surface area (Å²) in [5, 5.41) is 14.1. The lowest BCUT2D eigenvalue weighted by atomic mass is 9.52. The first-order chi connectivity index (χ1) is 11.6. The van der Waals surface area contributed by atoms with E-state index in [0.29, 0.717) is 17.8 Å². The third-order valence-corrected chi connectivity index (χ3v) is 6.89. The van der Waals surface area contributed by atoms with Crippen molar-refractivity contribution >= 4 is 11.7 Å². The standard InChI is InChI=1S/C20H26N2O2/c23-19(22-7-3-5-14-4-1-2-6-17(14)22)21-18-15-8-13-9-16(18)12-20(24,10-13)11-15/h1-2,4,6,13,15-16,18,24H,3,5,7-12H2,(H,21,23)/t13?,15-,16+,18+,20+. The maximum atomic E-state index is 13.0. The first-order valence-corrected chi connectivity index (χ1v) is 9.50. The molecule has 0 spiro atoms. The second-order valence-electron chi connectivity index (χ2n) is 8.55. The highest BCUT2D eigenvalue weighted by Crippen LogP contribution is 2.55. The topological polar surface area (TPSA) is 52.6 Å². The van der Waals surface area contributed by atoms with Crippen molar-refractivity contribution in [1.82, 2.24) is 5.32 Å². The third kappa shape index (κ3) is 2.26. The van der Waals surface area contributed by atoms with Gasteiger partial charge in [0.15, 0.2) is 0 Å². The van der Waals surface area contributed by atoms with E-state index < -0.39 is 5.60 Å². The molecular weight excluding hydrogens is 300 g/mol. The van der Waals surface area contributed by atoms with E-state index in [1.54, 1.807) is 0 Å². The smallest absolute Gasteiger partial charge is 0.322 e. The molecule has 4 saturated carbocycles. The van der Waals surface area contributed by atoms with Gasteiger partial charge in [0.1, 0.15) is 0 Å². The lowest BCUT2D eigenvalue weighted by Crippen LogP contribution is -2.63. The number of rotatable bonds is 1. The Kier molecular flexibility index (Phi) is 3.21. The van der Waals surface area contributed by atoms with Gasteiger partial charge in [0.2, 0.25) is 0 Å². The van der Waals surface area contributed by atoms with Gasteiger partial charge < -0.3 is 10.4 Å². The number of anilines is 1. The predicted octanol–water partition coefficient (Wildman–Crippen LogP) is 3.09. The van der Waals surface area contributed by atoms with Crippen LogP contribution in [0.2, 0.25) is 0 Å². The molecule has 4 nitrogen and oxygen atoms in total. The molecule has 4 aliphatic carbocycles. The average molecular weight is 326 g/mol. The molecule has 1 aromatic carbocycles. The predicted molar refractivity (Wildman–Crippen MR) is 92.9 cm³/mol. The van der Waals surface area contributed by atoms with Crippen molar-refractivity contribution in [3.63, 3.8) is 0 Å². The molecule has 24 heavy (non-hydrogen) atoms. The first-order valence-electron chi connectivity index (χ1n) is 9.50. The minimum absolute atomic E-state index is 0.0617. The Morgan fingerprint density at radius 1 is 1.17 bits per heavy atom. The molecule has 1 unspecified atom stereocenters. The molecule has 2 amide bonds. The van der Waals surface area contributed by atoms with Gasteiger partial charge in [-0.3, -0.25) is 4.90 Å². The minimum atomic E-state index is -0.435. The summed E-state index contributed by atoms with van der Waals surface area (Å²) in [4.78, 5) is 14.9.